The average Bonchev–Trinajstić information content (AvgIpc) is 2.38. The van der Waals surface area contributed by atoms with Crippen LogP contribution >= 0.6 is 35.6 Å². The van der Waals surface area contributed by atoms with Crippen molar-refractivity contribution < 1.29 is 0 Å². The first kappa shape index (κ1) is 18.2. The Morgan fingerprint density at radius 1 is 1.32 bits per heavy atom. The van der Waals surface area contributed by atoms with E-state index in [1.165, 1.54) is 5.56 Å². The van der Waals surface area contributed by atoms with Crippen LogP contribution in [0.25, 0.3) is 0 Å². The maximum atomic E-state index is 5.84. The van der Waals surface area contributed by atoms with Crippen LogP contribution in [0.5, 0.6) is 0 Å². The van der Waals surface area contributed by atoms with Gasteiger partial charge in [0.15, 0.2) is 5.96 Å². The molecule has 0 aliphatic rings. The smallest absolute Gasteiger partial charge is 0.191 e. The summed E-state index contributed by atoms with van der Waals surface area (Å²) < 4.78 is 0. The topological polar surface area (TPSA) is 36.4 Å². The molecule has 0 fully saturated rings. The molecule has 0 radical (unpaired) electrons. The molecular weight excluding hydrogens is 373 g/mol. The van der Waals surface area contributed by atoms with Gasteiger partial charge in [-0.15, -0.1) is 30.6 Å². The van der Waals surface area contributed by atoms with Crippen molar-refractivity contribution in [2.45, 2.75) is 13.3 Å². The van der Waals surface area contributed by atoms with Gasteiger partial charge in [0.2, 0.25) is 0 Å². The molecule has 0 atom stereocenters. The van der Waals surface area contributed by atoms with E-state index in [-0.39, 0.29) is 24.0 Å². The maximum absolute atomic E-state index is 5.84. The van der Waals surface area contributed by atoms with E-state index in [0.717, 1.165) is 30.5 Å². The van der Waals surface area contributed by atoms with Crippen LogP contribution in [0.1, 0.15) is 12.5 Å². The minimum atomic E-state index is 0. The molecule has 0 aliphatic carbocycles. The van der Waals surface area contributed by atoms with E-state index < -0.39 is 0 Å². The minimum absolute atomic E-state index is 0. The Morgan fingerprint density at radius 3 is 2.58 bits per heavy atom. The summed E-state index contributed by atoms with van der Waals surface area (Å²) in [7, 11) is 0. The lowest BCUT2D eigenvalue weighted by molar-refractivity contribution is 0.851. The van der Waals surface area contributed by atoms with Gasteiger partial charge in [-0.25, -0.2) is 0 Å². The SMILES string of the molecule is C=CCNC(=NCCc1ccc(Cl)cc1)NCC.I. The lowest BCUT2D eigenvalue weighted by atomic mass is 10.1. The molecule has 1 aromatic rings. The number of guanidine groups is 1. The van der Waals surface area contributed by atoms with Gasteiger partial charge in [-0.2, -0.15) is 0 Å². The van der Waals surface area contributed by atoms with E-state index in [1.807, 2.05) is 37.3 Å². The first-order valence-electron chi connectivity index (χ1n) is 6.13. The van der Waals surface area contributed by atoms with Crippen molar-refractivity contribution in [1.29, 1.82) is 0 Å². The van der Waals surface area contributed by atoms with Gasteiger partial charge in [-0.3, -0.25) is 4.99 Å². The second-order valence-electron chi connectivity index (χ2n) is 3.81. The standard InChI is InChI=1S/C14H20ClN3.HI/c1-3-10-17-14(16-4-2)18-11-9-12-5-7-13(15)8-6-12;/h3,5-8H,1,4,9-11H2,2H3,(H2,16,17,18);1H. The predicted octanol–water partition coefficient (Wildman–Crippen LogP) is 3.24. The van der Waals surface area contributed by atoms with Gasteiger partial charge >= 0.3 is 0 Å². The van der Waals surface area contributed by atoms with Gasteiger partial charge in [-0.05, 0) is 31.0 Å². The largest absolute Gasteiger partial charge is 0.357 e. The molecule has 0 bridgehead atoms. The van der Waals surface area contributed by atoms with Gasteiger partial charge in [0.1, 0.15) is 0 Å². The highest BCUT2D eigenvalue weighted by molar-refractivity contribution is 14.0. The van der Waals surface area contributed by atoms with Gasteiger partial charge < -0.3 is 10.6 Å². The van der Waals surface area contributed by atoms with E-state index in [0.29, 0.717) is 6.54 Å². The summed E-state index contributed by atoms with van der Waals surface area (Å²) in [4.78, 5) is 4.48. The summed E-state index contributed by atoms with van der Waals surface area (Å²) in [6.07, 6.45) is 2.72. The summed E-state index contributed by atoms with van der Waals surface area (Å²) in [5, 5.41) is 7.12. The second-order valence-corrected chi connectivity index (χ2v) is 4.24. The van der Waals surface area contributed by atoms with Crippen LogP contribution in [0.2, 0.25) is 5.02 Å². The van der Waals surface area contributed by atoms with Crippen molar-refractivity contribution in [3.63, 3.8) is 0 Å². The van der Waals surface area contributed by atoms with Crippen molar-refractivity contribution in [3.8, 4) is 0 Å². The van der Waals surface area contributed by atoms with Gasteiger partial charge in [0, 0.05) is 24.7 Å². The maximum Gasteiger partial charge on any atom is 0.191 e. The Hall–Kier alpha value is -0.750. The summed E-state index contributed by atoms with van der Waals surface area (Å²) in [5.41, 5.74) is 1.24. The van der Waals surface area contributed by atoms with Crippen molar-refractivity contribution in [3.05, 3.63) is 47.5 Å². The minimum Gasteiger partial charge on any atom is -0.357 e. The van der Waals surface area contributed by atoms with Gasteiger partial charge in [0.05, 0.1) is 0 Å². The molecule has 2 N–H and O–H groups in total. The normalized spacial score (nSPS) is 10.5. The third kappa shape index (κ3) is 8.10. The molecule has 0 saturated heterocycles. The fraction of sp³-hybridized carbons (Fsp3) is 0.357. The van der Waals surface area contributed by atoms with Crippen molar-refractivity contribution in [2.75, 3.05) is 19.6 Å². The Kier molecular flexibility index (Phi) is 10.7. The zero-order valence-corrected chi connectivity index (χ0v) is 14.2. The number of nitrogens with one attached hydrogen (secondary N) is 2. The Bertz CT molecular complexity index is 390. The molecule has 1 aromatic carbocycles. The number of nitrogens with zero attached hydrogens (tertiary/aromatic N) is 1. The molecule has 106 valence electrons. The first-order valence-corrected chi connectivity index (χ1v) is 6.51. The molecule has 5 heteroatoms. The Morgan fingerprint density at radius 2 is 2.00 bits per heavy atom. The number of hydrogen-bond acceptors (Lipinski definition) is 1. The van der Waals surface area contributed by atoms with Crippen molar-refractivity contribution >= 4 is 41.5 Å². The number of rotatable bonds is 6. The molecule has 0 unspecified atom stereocenters. The third-order valence-corrected chi connectivity index (χ3v) is 2.59. The highest BCUT2D eigenvalue weighted by atomic mass is 127. The predicted molar refractivity (Wildman–Crippen MR) is 94.7 cm³/mol. The number of halogens is 2. The fourth-order valence-electron chi connectivity index (χ4n) is 1.46. The molecule has 3 nitrogen and oxygen atoms in total. The number of hydrogen-bond donors (Lipinski definition) is 2. The zero-order chi connectivity index (χ0) is 13.2. The number of aliphatic imine (C=N–C) groups is 1. The molecule has 19 heavy (non-hydrogen) atoms. The van der Waals surface area contributed by atoms with Gasteiger partial charge in [-0.1, -0.05) is 29.8 Å². The average molecular weight is 394 g/mol. The third-order valence-electron chi connectivity index (χ3n) is 2.34. The fourth-order valence-corrected chi connectivity index (χ4v) is 1.58. The number of benzene rings is 1. The molecule has 0 aliphatic heterocycles. The summed E-state index contributed by atoms with van der Waals surface area (Å²) in [6, 6.07) is 7.87. The monoisotopic (exact) mass is 393 g/mol. The van der Waals surface area contributed by atoms with E-state index in [2.05, 4.69) is 22.2 Å². The van der Waals surface area contributed by atoms with Crippen LogP contribution in [0.3, 0.4) is 0 Å². The van der Waals surface area contributed by atoms with Crippen LogP contribution in [0.4, 0.5) is 0 Å². The highest BCUT2D eigenvalue weighted by Crippen LogP contribution is 2.09. The van der Waals surface area contributed by atoms with E-state index in [9.17, 15) is 0 Å². The second kappa shape index (κ2) is 11.1. The summed E-state index contributed by atoms with van der Waals surface area (Å²) in [5.74, 6) is 0.825. The summed E-state index contributed by atoms with van der Waals surface area (Å²) >= 11 is 5.84. The van der Waals surface area contributed by atoms with E-state index >= 15 is 0 Å². The van der Waals surface area contributed by atoms with E-state index in [1.54, 1.807) is 0 Å². The van der Waals surface area contributed by atoms with E-state index in [4.69, 9.17) is 11.6 Å². The Labute approximate surface area is 137 Å². The lowest BCUT2D eigenvalue weighted by Gasteiger charge is -2.09. The highest BCUT2D eigenvalue weighted by Gasteiger charge is 1.96. The molecular formula is C14H21ClIN3. The first-order chi connectivity index (χ1) is 8.76. The van der Waals surface area contributed by atoms with Crippen LogP contribution in [0, 0.1) is 0 Å². The lowest BCUT2D eigenvalue weighted by Crippen LogP contribution is -2.37. The molecule has 0 aromatic heterocycles. The quantitative estimate of drug-likeness (QED) is 0.337. The van der Waals surface area contributed by atoms with Crippen LogP contribution in [-0.2, 0) is 6.42 Å². The van der Waals surface area contributed by atoms with Crippen LogP contribution in [0.15, 0.2) is 41.9 Å². The van der Waals surface area contributed by atoms with Crippen LogP contribution < -0.4 is 10.6 Å². The molecule has 0 heterocycles. The zero-order valence-electron chi connectivity index (χ0n) is 11.2. The molecule has 1 rings (SSSR count). The molecule has 0 saturated carbocycles. The van der Waals surface area contributed by atoms with Crippen molar-refractivity contribution in [1.82, 2.24) is 10.6 Å². The van der Waals surface area contributed by atoms with Gasteiger partial charge in [0.25, 0.3) is 0 Å². The molecule has 0 spiro atoms. The van der Waals surface area contributed by atoms with Crippen molar-refractivity contribution in [2.24, 2.45) is 4.99 Å². The Balaban J connectivity index is 0.00000324. The van der Waals surface area contributed by atoms with Crippen LogP contribution in [-0.4, -0.2) is 25.6 Å². The molecule has 0 amide bonds. The summed E-state index contributed by atoms with van der Waals surface area (Å²) in [6.45, 7) is 8.03.